The largest absolute Gasteiger partial charge is 0.514 e. The van der Waals surface area contributed by atoms with Gasteiger partial charge in [-0.05, 0) is 65.8 Å². The molecular formula is C26H28N2O6. The summed E-state index contributed by atoms with van der Waals surface area (Å²) in [4.78, 5) is 31.7. The van der Waals surface area contributed by atoms with E-state index in [-0.39, 0.29) is 11.5 Å². The molecule has 178 valence electrons. The van der Waals surface area contributed by atoms with Gasteiger partial charge >= 0.3 is 12.3 Å². The third-order valence-corrected chi connectivity index (χ3v) is 4.72. The first-order valence-corrected chi connectivity index (χ1v) is 10.9. The second-order valence-electron chi connectivity index (χ2n) is 9.88. The van der Waals surface area contributed by atoms with Crippen LogP contribution >= 0.6 is 0 Å². The molecule has 4 aromatic rings. The molecule has 0 saturated carbocycles. The van der Waals surface area contributed by atoms with Gasteiger partial charge in [0, 0.05) is 21.8 Å². The maximum absolute atomic E-state index is 12.6. The minimum Gasteiger partial charge on any atom is -0.428 e. The fourth-order valence-electron chi connectivity index (χ4n) is 3.50. The molecule has 4 rings (SSSR count). The molecule has 0 atom stereocenters. The van der Waals surface area contributed by atoms with E-state index in [4.69, 9.17) is 18.9 Å². The molecule has 0 saturated heterocycles. The molecule has 2 aromatic carbocycles. The zero-order chi connectivity index (χ0) is 24.7. The summed E-state index contributed by atoms with van der Waals surface area (Å²) >= 11 is 0. The van der Waals surface area contributed by atoms with Crippen LogP contribution in [0.25, 0.3) is 33.2 Å². The molecule has 0 spiro atoms. The third kappa shape index (κ3) is 5.01. The molecule has 0 aliphatic heterocycles. The van der Waals surface area contributed by atoms with Crippen LogP contribution < -0.4 is 9.47 Å². The van der Waals surface area contributed by atoms with E-state index in [9.17, 15) is 9.59 Å². The summed E-state index contributed by atoms with van der Waals surface area (Å²) in [6, 6.07) is 14.8. The number of H-pyrrole nitrogens is 2. The number of aromatic amines is 2. The van der Waals surface area contributed by atoms with Crippen LogP contribution in [0.15, 0.2) is 48.5 Å². The lowest BCUT2D eigenvalue weighted by atomic mass is 10.2. The summed E-state index contributed by atoms with van der Waals surface area (Å²) in [7, 11) is 0. The van der Waals surface area contributed by atoms with E-state index in [0.29, 0.717) is 22.2 Å². The summed E-state index contributed by atoms with van der Waals surface area (Å²) < 4.78 is 22.1. The minimum atomic E-state index is -0.843. The molecule has 2 aromatic heterocycles. The quantitative estimate of drug-likeness (QED) is 0.318. The normalized spacial score (nSPS) is 12.1. The van der Waals surface area contributed by atoms with Gasteiger partial charge in [0.15, 0.2) is 11.5 Å². The number of para-hydroxylation sites is 2. The highest BCUT2D eigenvalue weighted by Gasteiger charge is 2.28. The molecule has 0 aliphatic rings. The average Bonchev–Trinajstić information content (AvgIpc) is 3.24. The molecule has 34 heavy (non-hydrogen) atoms. The van der Waals surface area contributed by atoms with Crippen LogP contribution in [0.4, 0.5) is 9.59 Å². The highest BCUT2D eigenvalue weighted by molar-refractivity contribution is 6.01. The van der Waals surface area contributed by atoms with E-state index in [1.807, 2.05) is 48.5 Å². The van der Waals surface area contributed by atoms with E-state index in [0.717, 1.165) is 11.0 Å². The van der Waals surface area contributed by atoms with Crippen LogP contribution in [0.5, 0.6) is 11.5 Å². The van der Waals surface area contributed by atoms with Gasteiger partial charge in [-0.2, -0.15) is 0 Å². The Kier molecular flexibility index (Phi) is 5.77. The van der Waals surface area contributed by atoms with Gasteiger partial charge in [0.2, 0.25) is 0 Å². The van der Waals surface area contributed by atoms with Crippen LogP contribution in [0.1, 0.15) is 41.5 Å². The lowest BCUT2D eigenvalue weighted by molar-refractivity contribution is 0.0193. The monoisotopic (exact) mass is 464 g/mol. The Balaban J connectivity index is 1.86. The highest BCUT2D eigenvalue weighted by atomic mass is 16.7. The van der Waals surface area contributed by atoms with E-state index in [1.54, 1.807) is 41.5 Å². The standard InChI is InChI=1S/C26H28N2O6/c1-25(2,3)33-23(29)31-21-15-11-7-9-13-17(15)27-19(21)20-22(32-24(30)34-26(4,5)6)16-12-8-10-14-18(16)28-20/h7-14,27-28H,1-6H3. The predicted octanol–water partition coefficient (Wildman–Crippen LogP) is 6.94. The van der Waals surface area contributed by atoms with Crippen molar-refractivity contribution in [1.29, 1.82) is 0 Å². The number of carbonyl (C=O) groups is 2. The van der Waals surface area contributed by atoms with Gasteiger partial charge < -0.3 is 28.9 Å². The maximum atomic E-state index is 12.6. The number of fused-ring (bicyclic) bond motifs is 2. The number of carbonyl (C=O) groups excluding carboxylic acids is 2. The average molecular weight is 465 g/mol. The lowest BCUT2D eigenvalue weighted by Crippen LogP contribution is -2.26. The second-order valence-corrected chi connectivity index (χ2v) is 9.88. The molecule has 0 bridgehead atoms. The van der Waals surface area contributed by atoms with E-state index in [2.05, 4.69) is 9.97 Å². The van der Waals surface area contributed by atoms with E-state index >= 15 is 0 Å². The van der Waals surface area contributed by atoms with Gasteiger partial charge in [-0.25, -0.2) is 9.59 Å². The van der Waals surface area contributed by atoms with Gasteiger partial charge in [-0.1, -0.05) is 24.3 Å². The van der Waals surface area contributed by atoms with Crippen molar-refractivity contribution in [1.82, 2.24) is 9.97 Å². The molecule has 0 radical (unpaired) electrons. The van der Waals surface area contributed by atoms with E-state index in [1.165, 1.54) is 0 Å². The number of nitrogens with one attached hydrogen (secondary N) is 2. The number of benzene rings is 2. The number of hydrogen-bond donors (Lipinski definition) is 2. The molecular weight excluding hydrogens is 436 g/mol. The first kappa shape index (κ1) is 23.2. The molecule has 8 heteroatoms. The smallest absolute Gasteiger partial charge is 0.428 e. The van der Waals surface area contributed by atoms with Crippen molar-refractivity contribution in [2.45, 2.75) is 52.7 Å². The van der Waals surface area contributed by atoms with Crippen molar-refractivity contribution >= 4 is 34.1 Å². The van der Waals surface area contributed by atoms with Crippen LogP contribution in [-0.2, 0) is 9.47 Å². The van der Waals surface area contributed by atoms with Crippen LogP contribution in [0, 0.1) is 0 Å². The fourth-order valence-corrected chi connectivity index (χ4v) is 3.50. The zero-order valence-corrected chi connectivity index (χ0v) is 20.1. The predicted molar refractivity (Wildman–Crippen MR) is 129 cm³/mol. The highest BCUT2D eigenvalue weighted by Crippen LogP contribution is 2.44. The van der Waals surface area contributed by atoms with Crippen LogP contribution in [0.2, 0.25) is 0 Å². The van der Waals surface area contributed by atoms with Crippen molar-refractivity contribution in [2.75, 3.05) is 0 Å². The van der Waals surface area contributed by atoms with Gasteiger partial charge in [0.25, 0.3) is 0 Å². The van der Waals surface area contributed by atoms with Crippen molar-refractivity contribution in [3.63, 3.8) is 0 Å². The van der Waals surface area contributed by atoms with Gasteiger partial charge in [0.1, 0.15) is 22.6 Å². The van der Waals surface area contributed by atoms with E-state index < -0.39 is 23.5 Å². The van der Waals surface area contributed by atoms with Crippen molar-refractivity contribution < 1.29 is 28.5 Å². The van der Waals surface area contributed by atoms with Crippen molar-refractivity contribution in [3.8, 4) is 22.9 Å². The summed E-state index contributed by atoms with van der Waals surface area (Å²) in [5.74, 6) is 0.510. The Labute approximate surface area is 197 Å². The first-order valence-electron chi connectivity index (χ1n) is 10.9. The van der Waals surface area contributed by atoms with Crippen LogP contribution in [0.3, 0.4) is 0 Å². The van der Waals surface area contributed by atoms with Gasteiger partial charge in [0.05, 0.1) is 0 Å². The summed E-state index contributed by atoms with van der Waals surface area (Å²) in [5.41, 5.74) is 0.879. The van der Waals surface area contributed by atoms with Crippen LogP contribution in [-0.4, -0.2) is 33.5 Å². The Morgan fingerprint density at radius 2 is 0.971 bits per heavy atom. The molecule has 2 N–H and O–H groups in total. The Morgan fingerprint density at radius 1 is 0.618 bits per heavy atom. The lowest BCUT2D eigenvalue weighted by Gasteiger charge is -2.19. The second kappa shape index (κ2) is 8.44. The number of aromatic nitrogens is 2. The number of rotatable bonds is 3. The third-order valence-electron chi connectivity index (χ3n) is 4.72. The Bertz CT molecular complexity index is 1260. The molecule has 2 heterocycles. The topological polar surface area (TPSA) is 103 Å². The van der Waals surface area contributed by atoms with Crippen molar-refractivity contribution in [3.05, 3.63) is 48.5 Å². The van der Waals surface area contributed by atoms with Gasteiger partial charge in [-0.15, -0.1) is 0 Å². The Morgan fingerprint density at radius 3 is 1.32 bits per heavy atom. The molecule has 0 aliphatic carbocycles. The maximum Gasteiger partial charge on any atom is 0.514 e. The Hall–Kier alpha value is -3.94. The van der Waals surface area contributed by atoms with Crippen molar-refractivity contribution in [2.24, 2.45) is 0 Å². The SMILES string of the molecule is CC(C)(C)OC(=O)Oc1c(-c2[nH]c3ccccc3c2OC(=O)OC(C)(C)C)[nH]c2ccccc12. The number of ether oxygens (including phenoxy) is 4. The molecule has 8 nitrogen and oxygen atoms in total. The number of hydrogen-bond acceptors (Lipinski definition) is 6. The zero-order valence-electron chi connectivity index (χ0n) is 20.1. The molecule has 0 unspecified atom stereocenters. The molecule has 0 amide bonds. The minimum absolute atomic E-state index is 0.255. The summed E-state index contributed by atoms with van der Waals surface area (Å²) in [6.45, 7) is 10.6. The first-order chi connectivity index (χ1) is 15.9. The summed E-state index contributed by atoms with van der Waals surface area (Å²) in [5, 5.41) is 1.34. The van der Waals surface area contributed by atoms with Gasteiger partial charge in [-0.3, -0.25) is 0 Å². The molecule has 0 fully saturated rings. The summed E-state index contributed by atoms with van der Waals surface area (Å²) in [6.07, 6.45) is -1.69. The fraction of sp³-hybridized carbons (Fsp3) is 0.308.